The Morgan fingerprint density at radius 1 is 1.50 bits per heavy atom. The van der Waals surface area contributed by atoms with Gasteiger partial charge in [-0.3, -0.25) is 9.48 Å². The molecule has 0 saturated heterocycles. The van der Waals surface area contributed by atoms with Crippen molar-refractivity contribution in [3.63, 3.8) is 0 Å². The van der Waals surface area contributed by atoms with Gasteiger partial charge in [0.1, 0.15) is 10.2 Å². The van der Waals surface area contributed by atoms with E-state index in [4.69, 9.17) is 5.11 Å². The molecule has 0 spiro atoms. The smallest absolute Gasteiger partial charge is 0.325 e. The summed E-state index contributed by atoms with van der Waals surface area (Å²) in [5.74, 6) is -0.880. The molecule has 0 aliphatic rings. The first-order chi connectivity index (χ1) is 6.68. The lowest BCUT2D eigenvalue weighted by atomic mass is 10.3. The fraction of sp³-hybridized carbons (Fsp3) is 0.111. The number of carbonyl (C=O) groups is 1. The molecule has 0 bridgehead atoms. The Kier molecular flexibility index (Phi) is 2.40. The van der Waals surface area contributed by atoms with Crippen molar-refractivity contribution in [2.75, 3.05) is 0 Å². The van der Waals surface area contributed by atoms with Crippen LogP contribution in [0.3, 0.4) is 0 Å². The van der Waals surface area contributed by atoms with E-state index in [9.17, 15) is 4.79 Å². The summed E-state index contributed by atoms with van der Waals surface area (Å²) in [5.41, 5.74) is 0.860. The number of nitrogens with zero attached hydrogens (tertiary/aromatic N) is 2. The highest BCUT2D eigenvalue weighted by Crippen LogP contribution is 2.19. The number of hydrogen-bond acceptors (Lipinski definition) is 2. The van der Waals surface area contributed by atoms with E-state index in [2.05, 4.69) is 27.7 Å². The summed E-state index contributed by atoms with van der Waals surface area (Å²) in [7, 11) is 0. The largest absolute Gasteiger partial charge is 0.480 e. The molecular weight excluding hydrogens is 295 g/mol. The normalized spacial score (nSPS) is 10.6. The summed E-state index contributed by atoms with van der Waals surface area (Å²) < 4.78 is 2.33. The lowest BCUT2D eigenvalue weighted by molar-refractivity contribution is -0.137. The molecule has 5 heteroatoms. The Balaban J connectivity index is 2.60. The first kappa shape index (κ1) is 9.45. The lowest BCUT2D eigenvalue weighted by Gasteiger charge is -1.97. The van der Waals surface area contributed by atoms with E-state index in [0.717, 1.165) is 14.6 Å². The molecule has 0 amide bonds. The van der Waals surface area contributed by atoms with Crippen LogP contribution in [0.4, 0.5) is 0 Å². The quantitative estimate of drug-likeness (QED) is 0.860. The van der Waals surface area contributed by atoms with Crippen LogP contribution in [0.1, 0.15) is 0 Å². The monoisotopic (exact) mass is 302 g/mol. The Labute approximate surface area is 93.7 Å². The lowest BCUT2D eigenvalue weighted by Crippen LogP contribution is -2.09. The van der Waals surface area contributed by atoms with E-state index in [1.54, 1.807) is 0 Å². The summed E-state index contributed by atoms with van der Waals surface area (Å²) in [6.45, 7) is -0.0937. The number of hydrogen-bond donors (Lipinski definition) is 1. The molecular formula is C9H7IN2O2. The highest BCUT2D eigenvalue weighted by Gasteiger charge is 2.09. The zero-order valence-corrected chi connectivity index (χ0v) is 9.30. The van der Waals surface area contributed by atoms with Gasteiger partial charge >= 0.3 is 5.97 Å². The summed E-state index contributed by atoms with van der Waals surface area (Å²) >= 11 is 2.10. The van der Waals surface area contributed by atoms with Gasteiger partial charge in [-0.2, -0.15) is 5.10 Å². The van der Waals surface area contributed by atoms with Crippen molar-refractivity contribution in [3.05, 3.63) is 28.0 Å². The first-order valence-electron chi connectivity index (χ1n) is 4.01. The average Bonchev–Trinajstić information content (AvgIpc) is 2.44. The minimum atomic E-state index is -0.880. The molecule has 1 aromatic carbocycles. The molecule has 0 saturated carbocycles. The average molecular weight is 302 g/mol. The number of aromatic nitrogens is 2. The molecule has 0 aliphatic carbocycles. The molecule has 2 rings (SSSR count). The van der Waals surface area contributed by atoms with Crippen molar-refractivity contribution in [1.82, 2.24) is 9.78 Å². The SMILES string of the molecule is O=C(O)Cn1nc(I)c2ccccc21. The van der Waals surface area contributed by atoms with Crippen LogP contribution >= 0.6 is 22.6 Å². The maximum Gasteiger partial charge on any atom is 0.325 e. The molecule has 1 N–H and O–H groups in total. The molecule has 2 aromatic rings. The van der Waals surface area contributed by atoms with Crippen LogP contribution in [-0.2, 0) is 11.3 Å². The van der Waals surface area contributed by atoms with Gasteiger partial charge in [0.15, 0.2) is 0 Å². The van der Waals surface area contributed by atoms with Gasteiger partial charge in [0.25, 0.3) is 0 Å². The fourth-order valence-electron chi connectivity index (χ4n) is 1.34. The molecule has 14 heavy (non-hydrogen) atoms. The third kappa shape index (κ3) is 1.59. The number of carboxylic acid groups (broad SMARTS) is 1. The third-order valence-corrected chi connectivity index (χ3v) is 2.69. The van der Waals surface area contributed by atoms with Crippen LogP contribution in [0.25, 0.3) is 10.9 Å². The maximum atomic E-state index is 10.6. The van der Waals surface area contributed by atoms with Crippen molar-refractivity contribution in [2.24, 2.45) is 0 Å². The van der Waals surface area contributed by atoms with Crippen LogP contribution in [0, 0.1) is 3.70 Å². The van der Waals surface area contributed by atoms with Crippen molar-refractivity contribution in [3.8, 4) is 0 Å². The molecule has 72 valence electrons. The van der Waals surface area contributed by atoms with Crippen molar-refractivity contribution in [2.45, 2.75) is 6.54 Å². The number of rotatable bonds is 2. The number of fused-ring (bicyclic) bond motifs is 1. The predicted octanol–water partition coefficient (Wildman–Crippen LogP) is 1.73. The zero-order valence-electron chi connectivity index (χ0n) is 7.14. The summed E-state index contributed by atoms with van der Waals surface area (Å²) in [6.07, 6.45) is 0. The van der Waals surface area contributed by atoms with E-state index in [1.165, 1.54) is 4.68 Å². The van der Waals surface area contributed by atoms with Gasteiger partial charge in [-0.05, 0) is 28.7 Å². The van der Waals surface area contributed by atoms with Gasteiger partial charge in [-0.1, -0.05) is 18.2 Å². The molecule has 0 fully saturated rings. The topological polar surface area (TPSA) is 55.1 Å². The molecule has 0 unspecified atom stereocenters. The standard InChI is InChI=1S/C9H7IN2O2/c10-9-6-3-1-2-4-7(6)12(11-9)5-8(13)14/h1-4H,5H2,(H,13,14). The van der Waals surface area contributed by atoms with Gasteiger partial charge in [0, 0.05) is 5.39 Å². The van der Waals surface area contributed by atoms with Crippen molar-refractivity contribution >= 4 is 39.5 Å². The minimum Gasteiger partial charge on any atom is -0.480 e. The number of para-hydroxylation sites is 1. The Bertz CT molecular complexity index is 493. The second-order valence-electron chi connectivity index (χ2n) is 2.86. The molecule has 0 radical (unpaired) electrons. The van der Waals surface area contributed by atoms with Crippen LogP contribution in [-0.4, -0.2) is 20.9 Å². The zero-order chi connectivity index (χ0) is 10.1. The minimum absolute atomic E-state index is 0.0937. The molecule has 0 aliphatic heterocycles. The van der Waals surface area contributed by atoms with Crippen LogP contribution in [0.2, 0.25) is 0 Å². The second-order valence-corrected chi connectivity index (χ2v) is 3.88. The Morgan fingerprint density at radius 3 is 2.93 bits per heavy atom. The number of carboxylic acids is 1. The van der Waals surface area contributed by atoms with E-state index < -0.39 is 5.97 Å². The predicted molar refractivity (Wildman–Crippen MR) is 60.1 cm³/mol. The molecule has 0 atom stereocenters. The van der Waals surface area contributed by atoms with Crippen molar-refractivity contribution in [1.29, 1.82) is 0 Å². The van der Waals surface area contributed by atoms with E-state index >= 15 is 0 Å². The van der Waals surface area contributed by atoms with Gasteiger partial charge in [-0.25, -0.2) is 0 Å². The van der Waals surface area contributed by atoms with E-state index in [1.807, 2.05) is 24.3 Å². The Hall–Kier alpha value is -1.11. The van der Waals surface area contributed by atoms with Crippen LogP contribution in [0.5, 0.6) is 0 Å². The number of benzene rings is 1. The molecule has 1 aromatic heterocycles. The summed E-state index contributed by atoms with van der Waals surface area (Å²) in [6, 6.07) is 7.59. The maximum absolute atomic E-state index is 10.6. The Morgan fingerprint density at radius 2 is 2.21 bits per heavy atom. The van der Waals surface area contributed by atoms with Gasteiger partial charge < -0.3 is 5.11 Å². The van der Waals surface area contributed by atoms with E-state index in [0.29, 0.717) is 0 Å². The van der Waals surface area contributed by atoms with E-state index in [-0.39, 0.29) is 6.54 Å². The van der Waals surface area contributed by atoms with Crippen molar-refractivity contribution < 1.29 is 9.90 Å². The van der Waals surface area contributed by atoms with Crippen LogP contribution < -0.4 is 0 Å². The summed E-state index contributed by atoms with van der Waals surface area (Å²) in [5, 5.41) is 13.8. The third-order valence-electron chi connectivity index (χ3n) is 1.90. The fourth-order valence-corrected chi connectivity index (χ4v) is 2.05. The molecule has 1 heterocycles. The van der Waals surface area contributed by atoms with Gasteiger partial charge in [0.2, 0.25) is 0 Å². The number of halogens is 1. The van der Waals surface area contributed by atoms with Gasteiger partial charge in [0.05, 0.1) is 5.52 Å². The first-order valence-corrected chi connectivity index (χ1v) is 5.09. The molecule has 4 nitrogen and oxygen atoms in total. The number of aliphatic carboxylic acids is 1. The van der Waals surface area contributed by atoms with Crippen LogP contribution in [0.15, 0.2) is 24.3 Å². The van der Waals surface area contributed by atoms with Gasteiger partial charge in [-0.15, -0.1) is 0 Å². The highest BCUT2D eigenvalue weighted by molar-refractivity contribution is 14.1. The second kappa shape index (κ2) is 3.56. The highest BCUT2D eigenvalue weighted by atomic mass is 127. The summed E-state index contributed by atoms with van der Waals surface area (Å²) in [4.78, 5) is 10.6.